The zero-order valence-corrected chi connectivity index (χ0v) is 18.9. The minimum Gasteiger partial charge on any atom is -0.355 e. The Morgan fingerprint density at radius 1 is 0.967 bits per heavy atom. The summed E-state index contributed by atoms with van der Waals surface area (Å²) in [5.41, 5.74) is 2.60. The van der Waals surface area contributed by atoms with Crippen molar-refractivity contribution in [2.45, 2.75) is 64.7 Å². The van der Waals surface area contributed by atoms with Crippen molar-refractivity contribution >= 4 is 11.8 Å². The number of benzene rings is 1. The van der Waals surface area contributed by atoms with Crippen LogP contribution in [0.25, 0.3) is 0 Å². The van der Waals surface area contributed by atoms with E-state index in [-0.39, 0.29) is 11.8 Å². The Labute approximate surface area is 182 Å². The molecule has 0 saturated carbocycles. The zero-order valence-electron chi connectivity index (χ0n) is 18.9. The van der Waals surface area contributed by atoms with Crippen molar-refractivity contribution in [3.8, 4) is 0 Å². The highest BCUT2D eigenvalue weighted by Crippen LogP contribution is 2.21. The molecule has 1 aromatic rings. The number of carbonyl (C=O) groups is 2. The van der Waals surface area contributed by atoms with Crippen LogP contribution in [-0.2, 0) is 16.0 Å². The molecule has 5 heteroatoms. The van der Waals surface area contributed by atoms with Gasteiger partial charge in [0.05, 0.1) is 6.54 Å². The number of rotatable bonds is 7. The third kappa shape index (κ3) is 6.83. The maximum Gasteiger partial charge on any atom is 0.234 e. The fourth-order valence-electron chi connectivity index (χ4n) is 4.56. The van der Waals surface area contributed by atoms with Crippen LogP contribution in [0.5, 0.6) is 0 Å². The van der Waals surface area contributed by atoms with Gasteiger partial charge in [0, 0.05) is 25.6 Å². The van der Waals surface area contributed by atoms with Gasteiger partial charge in [-0.15, -0.1) is 0 Å². The summed E-state index contributed by atoms with van der Waals surface area (Å²) in [6.07, 6.45) is 7.41. The second-order valence-corrected chi connectivity index (χ2v) is 9.29. The van der Waals surface area contributed by atoms with Crippen molar-refractivity contribution in [2.75, 3.05) is 39.3 Å². The maximum atomic E-state index is 12.8. The van der Waals surface area contributed by atoms with Crippen molar-refractivity contribution in [1.82, 2.24) is 15.1 Å². The van der Waals surface area contributed by atoms with E-state index >= 15 is 0 Å². The van der Waals surface area contributed by atoms with Gasteiger partial charge in [0.25, 0.3) is 0 Å². The van der Waals surface area contributed by atoms with Crippen LogP contribution in [0, 0.1) is 5.92 Å². The molecule has 1 aromatic carbocycles. The van der Waals surface area contributed by atoms with Crippen LogP contribution < -0.4 is 5.32 Å². The van der Waals surface area contributed by atoms with Crippen LogP contribution >= 0.6 is 0 Å². The standard InChI is InChI=1S/C25H39N3O2/c1-20(2)22-9-7-21(8-10-22)11-14-26-24(29)19-27-17-12-23(13-18-27)25(30)28-15-5-3-4-6-16-28/h7-10,20,23H,3-6,11-19H2,1-2H3,(H,26,29). The molecule has 0 spiro atoms. The van der Waals surface area contributed by atoms with E-state index in [2.05, 4.69) is 53.2 Å². The van der Waals surface area contributed by atoms with E-state index in [0.29, 0.717) is 24.9 Å². The summed E-state index contributed by atoms with van der Waals surface area (Å²) in [5.74, 6) is 1.13. The molecule has 2 aliphatic rings. The van der Waals surface area contributed by atoms with Crippen LogP contribution in [0.4, 0.5) is 0 Å². The van der Waals surface area contributed by atoms with Gasteiger partial charge in [0.2, 0.25) is 11.8 Å². The van der Waals surface area contributed by atoms with Crippen molar-refractivity contribution < 1.29 is 9.59 Å². The van der Waals surface area contributed by atoms with E-state index in [1.54, 1.807) is 0 Å². The number of nitrogens with zero attached hydrogens (tertiary/aromatic N) is 2. The molecule has 166 valence electrons. The molecular formula is C25H39N3O2. The molecule has 0 radical (unpaired) electrons. The van der Waals surface area contributed by atoms with Crippen molar-refractivity contribution in [1.29, 1.82) is 0 Å². The molecule has 2 amide bonds. The van der Waals surface area contributed by atoms with Gasteiger partial charge < -0.3 is 10.2 Å². The predicted molar refractivity (Wildman–Crippen MR) is 121 cm³/mol. The van der Waals surface area contributed by atoms with Crippen LogP contribution in [0.15, 0.2) is 24.3 Å². The normalized spacial score (nSPS) is 19.0. The highest BCUT2D eigenvalue weighted by Gasteiger charge is 2.29. The Morgan fingerprint density at radius 2 is 1.60 bits per heavy atom. The highest BCUT2D eigenvalue weighted by molar-refractivity contribution is 5.79. The fraction of sp³-hybridized carbons (Fsp3) is 0.680. The summed E-state index contributed by atoms with van der Waals surface area (Å²) in [6.45, 7) is 9.05. The van der Waals surface area contributed by atoms with Gasteiger partial charge in [0.15, 0.2) is 0 Å². The summed E-state index contributed by atoms with van der Waals surface area (Å²) < 4.78 is 0. The van der Waals surface area contributed by atoms with E-state index in [1.165, 1.54) is 24.0 Å². The topological polar surface area (TPSA) is 52.7 Å². The second-order valence-electron chi connectivity index (χ2n) is 9.29. The Bertz CT molecular complexity index is 670. The van der Waals surface area contributed by atoms with Crippen LogP contribution in [0.1, 0.15) is 69.4 Å². The molecule has 2 saturated heterocycles. The molecule has 1 N–H and O–H groups in total. The smallest absolute Gasteiger partial charge is 0.234 e. The van der Waals surface area contributed by atoms with E-state index in [4.69, 9.17) is 0 Å². The van der Waals surface area contributed by atoms with Crippen molar-refractivity contribution in [3.63, 3.8) is 0 Å². The van der Waals surface area contributed by atoms with E-state index in [1.807, 2.05) is 0 Å². The Morgan fingerprint density at radius 3 is 2.20 bits per heavy atom. The lowest BCUT2D eigenvalue weighted by atomic mass is 9.95. The van der Waals surface area contributed by atoms with Crippen LogP contribution in [-0.4, -0.2) is 60.9 Å². The van der Waals surface area contributed by atoms with E-state index < -0.39 is 0 Å². The number of nitrogens with one attached hydrogen (secondary N) is 1. The van der Waals surface area contributed by atoms with Crippen LogP contribution in [0.3, 0.4) is 0 Å². The molecule has 5 nitrogen and oxygen atoms in total. The molecule has 2 aliphatic heterocycles. The quantitative estimate of drug-likeness (QED) is 0.743. The predicted octanol–water partition coefficient (Wildman–Crippen LogP) is 3.58. The third-order valence-electron chi connectivity index (χ3n) is 6.60. The third-order valence-corrected chi connectivity index (χ3v) is 6.60. The first-order chi connectivity index (χ1) is 14.5. The molecule has 2 heterocycles. The Kier molecular flexibility index (Phi) is 8.74. The lowest BCUT2D eigenvalue weighted by Crippen LogP contribution is -2.45. The number of carbonyl (C=O) groups excluding carboxylic acids is 2. The lowest BCUT2D eigenvalue weighted by Gasteiger charge is -2.33. The molecule has 3 rings (SSSR count). The van der Waals surface area contributed by atoms with E-state index in [0.717, 1.165) is 58.3 Å². The van der Waals surface area contributed by atoms with Gasteiger partial charge in [-0.25, -0.2) is 0 Å². The number of hydrogen-bond acceptors (Lipinski definition) is 3. The van der Waals surface area contributed by atoms with Gasteiger partial charge in [-0.2, -0.15) is 0 Å². The summed E-state index contributed by atoms with van der Waals surface area (Å²) in [7, 11) is 0. The molecule has 0 bridgehead atoms. The molecule has 0 atom stereocenters. The zero-order chi connectivity index (χ0) is 21.3. The van der Waals surface area contributed by atoms with Crippen LogP contribution in [0.2, 0.25) is 0 Å². The molecule has 0 aromatic heterocycles. The largest absolute Gasteiger partial charge is 0.355 e. The first kappa shape index (κ1) is 22.8. The monoisotopic (exact) mass is 413 g/mol. The molecular weight excluding hydrogens is 374 g/mol. The summed E-state index contributed by atoms with van der Waals surface area (Å²) in [6, 6.07) is 8.68. The van der Waals surface area contributed by atoms with Gasteiger partial charge in [-0.3, -0.25) is 14.5 Å². The van der Waals surface area contributed by atoms with Gasteiger partial charge in [-0.05, 0) is 62.2 Å². The highest BCUT2D eigenvalue weighted by atomic mass is 16.2. The lowest BCUT2D eigenvalue weighted by molar-refractivity contribution is -0.137. The van der Waals surface area contributed by atoms with Crippen molar-refractivity contribution in [3.05, 3.63) is 35.4 Å². The number of amides is 2. The number of hydrogen-bond donors (Lipinski definition) is 1. The summed E-state index contributed by atoms with van der Waals surface area (Å²) >= 11 is 0. The first-order valence-electron chi connectivity index (χ1n) is 11.9. The Balaban J connectivity index is 1.33. The maximum absolute atomic E-state index is 12.8. The van der Waals surface area contributed by atoms with E-state index in [9.17, 15) is 9.59 Å². The molecule has 0 unspecified atom stereocenters. The molecule has 30 heavy (non-hydrogen) atoms. The number of piperidine rings is 1. The van der Waals surface area contributed by atoms with Crippen molar-refractivity contribution in [2.24, 2.45) is 5.92 Å². The summed E-state index contributed by atoms with van der Waals surface area (Å²) in [5, 5.41) is 3.05. The average Bonchev–Trinajstić information content (AvgIpc) is 3.04. The average molecular weight is 414 g/mol. The summed E-state index contributed by atoms with van der Waals surface area (Å²) in [4.78, 5) is 29.4. The fourth-order valence-corrected chi connectivity index (χ4v) is 4.56. The van der Waals surface area contributed by atoms with Gasteiger partial charge in [0.1, 0.15) is 0 Å². The van der Waals surface area contributed by atoms with Gasteiger partial charge >= 0.3 is 0 Å². The number of likely N-dealkylation sites (tertiary alicyclic amines) is 2. The minimum absolute atomic E-state index is 0.0890. The second kappa shape index (κ2) is 11.5. The SMILES string of the molecule is CC(C)c1ccc(CCNC(=O)CN2CCC(C(=O)N3CCCCCC3)CC2)cc1. The molecule has 2 fully saturated rings. The Hall–Kier alpha value is -1.88. The van der Waals surface area contributed by atoms with Gasteiger partial charge in [-0.1, -0.05) is 51.0 Å². The first-order valence-corrected chi connectivity index (χ1v) is 11.9. The molecule has 0 aliphatic carbocycles. The minimum atomic E-state index is 0.0890.